The highest BCUT2D eigenvalue weighted by Gasteiger charge is 2.34. The first-order valence-electron chi connectivity index (χ1n) is 9.58. The summed E-state index contributed by atoms with van der Waals surface area (Å²) >= 11 is 0. The lowest BCUT2D eigenvalue weighted by Gasteiger charge is -2.26. The normalized spacial score (nSPS) is 22.6. The molecule has 0 radical (unpaired) electrons. The summed E-state index contributed by atoms with van der Waals surface area (Å²) in [6.07, 6.45) is 2.99. The lowest BCUT2D eigenvalue weighted by molar-refractivity contribution is -0.132. The number of nitrogens with one attached hydrogen (secondary N) is 2. The number of aliphatic hydroxyl groups is 1. The Kier molecular flexibility index (Phi) is 6.27. The number of amides is 2. The van der Waals surface area contributed by atoms with Gasteiger partial charge in [0.2, 0.25) is 11.8 Å². The molecule has 1 aliphatic carbocycles. The van der Waals surface area contributed by atoms with Gasteiger partial charge in [-0.15, -0.1) is 0 Å². The van der Waals surface area contributed by atoms with Crippen LogP contribution in [-0.4, -0.2) is 53.1 Å². The van der Waals surface area contributed by atoms with E-state index < -0.39 is 12.1 Å². The first kappa shape index (κ1) is 18.9. The summed E-state index contributed by atoms with van der Waals surface area (Å²) in [7, 11) is 0. The maximum atomic E-state index is 12.5. The highest BCUT2D eigenvalue weighted by atomic mass is 16.3. The Bertz CT molecular complexity index is 616. The van der Waals surface area contributed by atoms with Crippen LogP contribution in [0.2, 0.25) is 0 Å². The van der Waals surface area contributed by atoms with Gasteiger partial charge in [-0.25, -0.2) is 0 Å². The Labute approximate surface area is 155 Å². The van der Waals surface area contributed by atoms with Crippen molar-refractivity contribution >= 4 is 11.8 Å². The van der Waals surface area contributed by atoms with Gasteiger partial charge in [-0.3, -0.25) is 14.5 Å². The number of benzene rings is 1. The van der Waals surface area contributed by atoms with Crippen molar-refractivity contribution < 1.29 is 14.7 Å². The first-order valence-corrected chi connectivity index (χ1v) is 9.58. The highest BCUT2D eigenvalue weighted by molar-refractivity contribution is 5.89. The van der Waals surface area contributed by atoms with Crippen LogP contribution in [0.4, 0.5) is 0 Å². The number of hydrogen-bond acceptors (Lipinski definition) is 4. The van der Waals surface area contributed by atoms with E-state index in [1.807, 2.05) is 18.2 Å². The number of carbonyl (C=O) groups excluding carboxylic acids is 2. The molecule has 1 aliphatic heterocycles. The maximum absolute atomic E-state index is 12.5. The SMILES string of the molecule is CC(O)C(NC(=O)C1CC1)C(=O)NCC1CCCN1Cc1ccccc1. The van der Waals surface area contributed by atoms with Crippen molar-refractivity contribution in [2.75, 3.05) is 13.1 Å². The molecule has 2 fully saturated rings. The second-order valence-corrected chi connectivity index (χ2v) is 7.50. The van der Waals surface area contributed by atoms with Crippen LogP contribution in [0.3, 0.4) is 0 Å². The fraction of sp³-hybridized carbons (Fsp3) is 0.600. The smallest absolute Gasteiger partial charge is 0.245 e. The molecule has 3 rings (SSSR count). The number of nitrogens with zero attached hydrogens (tertiary/aromatic N) is 1. The Morgan fingerprint density at radius 2 is 1.96 bits per heavy atom. The topological polar surface area (TPSA) is 81.7 Å². The van der Waals surface area contributed by atoms with Gasteiger partial charge < -0.3 is 15.7 Å². The van der Waals surface area contributed by atoms with Gasteiger partial charge in [0.25, 0.3) is 0 Å². The molecular formula is C20H29N3O3. The van der Waals surface area contributed by atoms with Gasteiger partial charge >= 0.3 is 0 Å². The van der Waals surface area contributed by atoms with Crippen LogP contribution in [-0.2, 0) is 16.1 Å². The predicted octanol–water partition coefficient (Wildman–Crippen LogP) is 1.04. The number of hydrogen-bond donors (Lipinski definition) is 3. The molecular weight excluding hydrogens is 330 g/mol. The van der Waals surface area contributed by atoms with E-state index in [1.165, 1.54) is 12.5 Å². The summed E-state index contributed by atoms with van der Waals surface area (Å²) in [4.78, 5) is 26.8. The van der Waals surface area contributed by atoms with Gasteiger partial charge in [-0.05, 0) is 44.7 Å². The monoisotopic (exact) mass is 359 g/mol. The minimum atomic E-state index is -0.915. The van der Waals surface area contributed by atoms with Crippen molar-refractivity contribution in [2.45, 2.75) is 57.3 Å². The zero-order chi connectivity index (χ0) is 18.5. The fourth-order valence-corrected chi connectivity index (χ4v) is 3.50. The van der Waals surface area contributed by atoms with Crippen molar-refractivity contribution in [3.8, 4) is 0 Å². The number of likely N-dealkylation sites (tertiary alicyclic amines) is 1. The van der Waals surface area contributed by atoms with Crippen LogP contribution in [0, 0.1) is 5.92 Å². The lowest BCUT2D eigenvalue weighted by atomic mass is 10.1. The van der Waals surface area contributed by atoms with E-state index >= 15 is 0 Å². The minimum absolute atomic E-state index is 0.0141. The zero-order valence-electron chi connectivity index (χ0n) is 15.4. The van der Waals surface area contributed by atoms with Gasteiger partial charge in [0, 0.05) is 25.0 Å². The molecule has 3 atom stereocenters. The largest absolute Gasteiger partial charge is 0.391 e. The molecule has 26 heavy (non-hydrogen) atoms. The van der Waals surface area contributed by atoms with Crippen LogP contribution >= 0.6 is 0 Å². The van der Waals surface area contributed by atoms with Crippen molar-refractivity contribution in [2.24, 2.45) is 5.92 Å². The molecule has 6 nitrogen and oxygen atoms in total. The summed E-state index contributed by atoms with van der Waals surface area (Å²) < 4.78 is 0. The Balaban J connectivity index is 1.50. The van der Waals surface area contributed by atoms with Gasteiger partial charge in [0.1, 0.15) is 6.04 Å². The van der Waals surface area contributed by atoms with Gasteiger partial charge in [-0.1, -0.05) is 30.3 Å². The minimum Gasteiger partial charge on any atom is -0.391 e. The Hall–Kier alpha value is -1.92. The summed E-state index contributed by atoms with van der Waals surface area (Å²) in [5.41, 5.74) is 1.27. The summed E-state index contributed by atoms with van der Waals surface area (Å²) in [5.74, 6) is -0.418. The molecule has 1 heterocycles. The molecule has 0 spiro atoms. The van der Waals surface area contributed by atoms with E-state index in [-0.39, 0.29) is 23.8 Å². The molecule has 1 aromatic rings. The number of rotatable bonds is 8. The second-order valence-electron chi connectivity index (χ2n) is 7.50. The first-order chi connectivity index (χ1) is 12.5. The molecule has 1 saturated carbocycles. The van der Waals surface area contributed by atoms with Crippen molar-refractivity contribution in [1.29, 1.82) is 0 Å². The fourth-order valence-electron chi connectivity index (χ4n) is 3.50. The third kappa shape index (κ3) is 5.05. The van der Waals surface area contributed by atoms with E-state index in [4.69, 9.17) is 0 Å². The van der Waals surface area contributed by atoms with Crippen LogP contribution in [0.5, 0.6) is 0 Å². The van der Waals surface area contributed by atoms with Gasteiger partial charge in [0.05, 0.1) is 6.10 Å². The van der Waals surface area contributed by atoms with Crippen LogP contribution in [0.1, 0.15) is 38.2 Å². The predicted molar refractivity (Wildman–Crippen MR) is 99.2 cm³/mol. The van der Waals surface area contributed by atoms with Crippen molar-refractivity contribution in [3.63, 3.8) is 0 Å². The molecule has 3 unspecified atom stereocenters. The molecule has 2 amide bonds. The average Bonchev–Trinajstić information content (AvgIpc) is 3.39. The third-order valence-corrected chi connectivity index (χ3v) is 5.25. The summed E-state index contributed by atoms with van der Waals surface area (Å²) in [5, 5.41) is 15.5. The number of carbonyl (C=O) groups is 2. The molecule has 3 N–H and O–H groups in total. The van der Waals surface area contributed by atoms with E-state index in [1.54, 1.807) is 0 Å². The third-order valence-electron chi connectivity index (χ3n) is 5.25. The Morgan fingerprint density at radius 3 is 2.62 bits per heavy atom. The van der Waals surface area contributed by atoms with Crippen LogP contribution in [0.15, 0.2) is 30.3 Å². The molecule has 1 aromatic carbocycles. The van der Waals surface area contributed by atoms with Crippen molar-refractivity contribution in [1.82, 2.24) is 15.5 Å². The van der Waals surface area contributed by atoms with E-state index in [0.29, 0.717) is 6.54 Å². The van der Waals surface area contributed by atoms with E-state index in [2.05, 4.69) is 27.7 Å². The quantitative estimate of drug-likeness (QED) is 0.648. The lowest BCUT2D eigenvalue weighted by Crippen LogP contribution is -2.54. The molecule has 6 heteroatoms. The van der Waals surface area contributed by atoms with Crippen molar-refractivity contribution in [3.05, 3.63) is 35.9 Å². The van der Waals surface area contributed by atoms with E-state index in [9.17, 15) is 14.7 Å². The molecule has 142 valence electrons. The molecule has 1 saturated heterocycles. The highest BCUT2D eigenvalue weighted by Crippen LogP contribution is 2.29. The Morgan fingerprint density at radius 1 is 1.23 bits per heavy atom. The van der Waals surface area contributed by atoms with E-state index in [0.717, 1.165) is 38.8 Å². The van der Waals surface area contributed by atoms with Gasteiger partial charge in [-0.2, -0.15) is 0 Å². The van der Waals surface area contributed by atoms with Crippen LogP contribution in [0.25, 0.3) is 0 Å². The van der Waals surface area contributed by atoms with Crippen LogP contribution < -0.4 is 10.6 Å². The molecule has 0 bridgehead atoms. The average molecular weight is 359 g/mol. The zero-order valence-corrected chi connectivity index (χ0v) is 15.4. The maximum Gasteiger partial charge on any atom is 0.245 e. The standard InChI is InChI=1S/C20H29N3O3/c1-14(24)18(22-19(25)16-9-10-16)20(26)21-12-17-8-5-11-23(17)13-15-6-3-2-4-7-15/h2-4,6-7,14,16-18,24H,5,8-13H2,1H3,(H,21,26)(H,22,25). The molecule has 2 aliphatic rings. The number of aliphatic hydroxyl groups excluding tert-OH is 1. The molecule has 0 aromatic heterocycles. The summed E-state index contributed by atoms with van der Waals surface area (Å²) in [6, 6.07) is 9.73. The summed E-state index contributed by atoms with van der Waals surface area (Å²) in [6.45, 7) is 3.97. The van der Waals surface area contributed by atoms with Gasteiger partial charge in [0.15, 0.2) is 0 Å². The second kappa shape index (κ2) is 8.64.